The summed E-state index contributed by atoms with van der Waals surface area (Å²) in [6.45, 7) is 4.26. The second-order valence-electron chi connectivity index (χ2n) is 1.75. The first-order valence-electron chi connectivity index (χ1n) is 2.49. The summed E-state index contributed by atoms with van der Waals surface area (Å²) in [5.41, 5.74) is 0. The quantitative estimate of drug-likeness (QED) is 0.611. The molecule has 0 aliphatic heterocycles. The molecule has 1 N–H and O–H groups in total. The Morgan fingerprint density at radius 2 is 1.86 bits per heavy atom. The van der Waals surface area contributed by atoms with Crippen molar-refractivity contribution < 1.29 is 0 Å². The van der Waals surface area contributed by atoms with Gasteiger partial charge >= 0.3 is 0 Å². The maximum Gasteiger partial charge on any atom is 0.0268 e. The third-order valence-corrected chi connectivity index (χ3v) is 1.94. The van der Waals surface area contributed by atoms with Gasteiger partial charge in [0.2, 0.25) is 0 Å². The molecule has 0 heterocycles. The van der Waals surface area contributed by atoms with Crippen molar-refractivity contribution in [3.05, 3.63) is 0 Å². The van der Waals surface area contributed by atoms with Crippen molar-refractivity contribution in [2.45, 2.75) is 24.7 Å². The van der Waals surface area contributed by atoms with Gasteiger partial charge < -0.3 is 5.32 Å². The molecule has 44 valence electrons. The van der Waals surface area contributed by atoms with E-state index in [4.69, 9.17) is 0 Å². The Balaban J connectivity index is 3.14. The van der Waals surface area contributed by atoms with E-state index in [9.17, 15) is 0 Å². The second-order valence-corrected chi connectivity index (χ2v) is 3.20. The molecule has 0 amide bonds. The molecular formula is C5H12BrN. The van der Waals surface area contributed by atoms with E-state index in [0.29, 0.717) is 10.9 Å². The number of hydrogen-bond donors (Lipinski definition) is 1. The van der Waals surface area contributed by atoms with Crippen LogP contribution in [0.2, 0.25) is 0 Å². The molecule has 0 fully saturated rings. The Morgan fingerprint density at radius 3 is 1.86 bits per heavy atom. The highest BCUT2D eigenvalue weighted by Gasteiger charge is 2.02. The third kappa shape index (κ3) is 3.06. The van der Waals surface area contributed by atoms with E-state index in [-0.39, 0.29) is 0 Å². The molecule has 0 bridgehead atoms. The fourth-order valence-electron chi connectivity index (χ4n) is 0.230. The molecule has 0 aromatic heterocycles. The van der Waals surface area contributed by atoms with Crippen molar-refractivity contribution in [3.63, 3.8) is 0 Å². The van der Waals surface area contributed by atoms with Gasteiger partial charge in [-0.3, -0.25) is 0 Å². The molecule has 0 aromatic rings. The molecule has 7 heavy (non-hydrogen) atoms. The van der Waals surface area contributed by atoms with Crippen molar-refractivity contribution >= 4 is 15.9 Å². The Kier molecular flexibility index (Phi) is 3.66. The average Bonchev–Trinajstić information content (AvgIpc) is 1.65. The van der Waals surface area contributed by atoms with Crippen molar-refractivity contribution in [1.29, 1.82) is 0 Å². The van der Waals surface area contributed by atoms with Gasteiger partial charge in [-0.2, -0.15) is 0 Å². The van der Waals surface area contributed by atoms with E-state index in [1.54, 1.807) is 0 Å². The van der Waals surface area contributed by atoms with E-state index >= 15 is 0 Å². The van der Waals surface area contributed by atoms with E-state index in [1.807, 2.05) is 7.05 Å². The van der Waals surface area contributed by atoms with E-state index in [1.165, 1.54) is 0 Å². The highest BCUT2D eigenvalue weighted by molar-refractivity contribution is 9.09. The average molecular weight is 166 g/mol. The molecule has 2 heteroatoms. The summed E-state index contributed by atoms with van der Waals surface area (Å²) in [7, 11) is 1.96. The van der Waals surface area contributed by atoms with Gasteiger partial charge in [-0.15, -0.1) is 0 Å². The van der Waals surface area contributed by atoms with Gasteiger partial charge in [-0.1, -0.05) is 22.9 Å². The highest BCUT2D eigenvalue weighted by atomic mass is 79.9. The molecule has 0 aliphatic carbocycles. The van der Waals surface area contributed by atoms with Gasteiger partial charge in [-0.05, 0) is 14.0 Å². The van der Waals surface area contributed by atoms with E-state index in [2.05, 4.69) is 35.1 Å². The lowest BCUT2D eigenvalue weighted by atomic mass is 10.3. The zero-order valence-electron chi connectivity index (χ0n) is 5.03. The van der Waals surface area contributed by atoms with Crippen molar-refractivity contribution in [2.75, 3.05) is 7.05 Å². The zero-order chi connectivity index (χ0) is 5.86. The molecule has 0 aliphatic rings. The second kappa shape index (κ2) is 3.44. The SMILES string of the molecule is CNC(C)C(C)Br. The van der Waals surface area contributed by atoms with Crippen molar-refractivity contribution in [2.24, 2.45) is 0 Å². The smallest absolute Gasteiger partial charge is 0.0268 e. The van der Waals surface area contributed by atoms with Crippen LogP contribution in [0.4, 0.5) is 0 Å². The molecule has 0 rings (SSSR count). The summed E-state index contributed by atoms with van der Waals surface area (Å²) < 4.78 is 0. The molecule has 2 unspecified atom stereocenters. The molecule has 0 saturated heterocycles. The molecule has 2 atom stereocenters. The first-order valence-corrected chi connectivity index (χ1v) is 3.41. The monoisotopic (exact) mass is 165 g/mol. The lowest BCUT2D eigenvalue weighted by Crippen LogP contribution is -2.28. The van der Waals surface area contributed by atoms with Crippen molar-refractivity contribution in [1.82, 2.24) is 5.32 Å². The highest BCUT2D eigenvalue weighted by Crippen LogP contribution is 2.01. The van der Waals surface area contributed by atoms with Gasteiger partial charge in [0.15, 0.2) is 0 Å². The summed E-state index contributed by atoms with van der Waals surface area (Å²) >= 11 is 3.44. The Bertz CT molecular complexity index is 45.3. The predicted molar refractivity (Wildman–Crippen MR) is 36.9 cm³/mol. The van der Waals surface area contributed by atoms with Crippen LogP contribution in [-0.4, -0.2) is 17.9 Å². The van der Waals surface area contributed by atoms with Crippen LogP contribution in [0.3, 0.4) is 0 Å². The molecule has 0 saturated carbocycles. The lowest BCUT2D eigenvalue weighted by Gasteiger charge is -2.10. The maximum atomic E-state index is 3.44. The van der Waals surface area contributed by atoms with Crippen LogP contribution in [0.15, 0.2) is 0 Å². The van der Waals surface area contributed by atoms with Gasteiger partial charge in [0.1, 0.15) is 0 Å². The Morgan fingerprint density at radius 1 is 1.43 bits per heavy atom. The molecule has 0 radical (unpaired) electrons. The number of halogens is 1. The van der Waals surface area contributed by atoms with Gasteiger partial charge in [0.25, 0.3) is 0 Å². The van der Waals surface area contributed by atoms with Gasteiger partial charge in [0.05, 0.1) is 0 Å². The fraction of sp³-hybridized carbons (Fsp3) is 1.00. The van der Waals surface area contributed by atoms with E-state index in [0.717, 1.165) is 0 Å². The summed E-state index contributed by atoms with van der Waals surface area (Å²) in [5.74, 6) is 0. The first-order chi connectivity index (χ1) is 3.18. The minimum atomic E-state index is 0.567. The fourth-order valence-corrected chi connectivity index (χ4v) is 0.494. The number of nitrogens with one attached hydrogen (secondary N) is 1. The summed E-state index contributed by atoms with van der Waals surface area (Å²) in [6.07, 6.45) is 0. The summed E-state index contributed by atoms with van der Waals surface area (Å²) in [4.78, 5) is 0.567. The zero-order valence-corrected chi connectivity index (χ0v) is 6.62. The lowest BCUT2D eigenvalue weighted by molar-refractivity contribution is 0.611. The number of rotatable bonds is 2. The third-order valence-electron chi connectivity index (χ3n) is 1.14. The molecule has 1 nitrogen and oxygen atoms in total. The van der Waals surface area contributed by atoms with Crippen LogP contribution in [-0.2, 0) is 0 Å². The minimum Gasteiger partial charge on any atom is -0.316 e. The number of hydrogen-bond acceptors (Lipinski definition) is 1. The topological polar surface area (TPSA) is 12.0 Å². The van der Waals surface area contributed by atoms with Gasteiger partial charge in [0, 0.05) is 10.9 Å². The maximum absolute atomic E-state index is 3.44. The first kappa shape index (κ1) is 7.44. The standard InChI is InChI=1S/C5H12BrN/c1-4(6)5(2)7-3/h4-5,7H,1-3H3. The van der Waals surface area contributed by atoms with Crippen LogP contribution < -0.4 is 5.32 Å². The summed E-state index contributed by atoms with van der Waals surface area (Å²) in [5, 5.41) is 3.12. The minimum absolute atomic E-state index is 0.567. The van der Waals surface area contributed by atoms with Gasteiger partial charge in [-0.25, -0.2) is 0 Å². The predicted octanol–water partition coefficient (Wildman–Crippen LogP) is 1.38. The Labute approximate surface area is 53.6 Å². The molecule has 0 spiro atoms. The molecular weight excluding hydrogens is 154 g/mol. The van der Waals surface area contributed by atoms with E-state index < -0.39 is 0 Å². The van der Waals surface area contributed by atoms with Crippen LogP contribution in [0.5, 0.6) is 0 Å². The van der Waals surface area contributed by atoms with Crippen LogP contribution in [0.1, 0.15) is 13.8 Å². The summed E-state index contributed by atoms with van der Waals surface area (Å²) in [6, 6.07) is 0.569. The largest absolute Gasteiger partial charge is 0.316 e. The van der Waals surface area contributed by atoms with Crippen LogP contribution >= 0.6 is 15.9 Å². The Hall–Kier alpha value is 0.440. The number of alkyl halides is 1. The van der Waals surface area contributed by atoms with Crippen LogP contribution in [0.25, 0.3) is 0 Å². The molecule has 0 aromatic carbocycles. The van der Waals surface area contributed by atoms with Crippen LogP contribution in [0, 0.1) is 0 Å². The van der Waals surface area contributed by atoms with Crippen molar-refractivity contribution in [3.8, 4) is 0 Å². The normalized spacial score (nSPS) is 18.9.